The van der Waals surface area contributed by atoms with Crippen LogP contribution in [0.15, 0.2) is 58.4 Å². The van der Waals surface area contributed by atoms with Crippen LogP contribution in [0.4, 0.5) is 0 Å². The van der Waals surface area contributed by atoms with Crippen molar-refractivity contribution in [1.82, 2.24) is 4.98 Å². The lowest BCUT2D eigenvalue weighted by Gasteiger charge is -2.07. The van der Waals surface area contributed by atoms with Gasteiger partial charge in [-0.1, -0.05) is 58.4 Å². The topological polar surface area (TPSA) is 12.9 Å². The number of rotatable bonds is 2. The van der Waals surface area contributed by atoms with Crippen LogP contribution in [0.2, 0.25) is 0 Å². The lowest BCUT2D eigenvalue weighted by Crippen LogP contribution is -1.95. The summed E-state index contributed by atoms with van der Waals surface area (Å²) in [6, 6.07) is 17.1. The van der Waals surface area contributed by atoms with Gasteiger partial charge in [0.25, 0.3) is 0 Å². The third-order valence-corrected chi connectivity index (χ3v) is 5.75. The zero-order valence-corrected chi connectivity index (χ0v) is 13.8. The molecule has 4 rings (SSSR count). The minimum absolute atomic E-state index is 0.474. The number of benzene rings is 2. The smallest absolute Gasteiger partial charge is 0.101 e. The Hall–Kier alpha value is -1.45. The first-order chi connectivity index (χ1) is 10.3. The Morgan fingerprint density at radius 3 is 2.76 bits per heavy atom. The number of aromatic nitrogens is 1. The SMILES string of the molecule is Brc1ccccc1-c1csc(C2CCc3ccccc32)n1. The van der Waals surface area contributed by atoms with Crippen molar-refractivity contribution in [3.8, 4) is 11.3 Å². The highest BCUT2D eigenvalue weighted by molar-refractivity contribution is 9.10. The molecule has 0 saturated carbocycles. The lowest BCUT2D eigenvalue weighted by atomic mass is 10.0. The minimum Gasteiger partial charge on any atom is -0.241 e. The molecule has 0 N–H and O–H groups in total. The van der Waals surface area contributed by atoms with E-state index in [9.17, 15) is 0 Å². The van der Waals surface area contributed by atoms with Crippen LogP contribution in [0.5, 0.6) is 0 Å². The van der Waals surface area contributed by atoms with E-state index in [1.807, 2.05) is 6.07 Å². The fourth-order valence-corrected chi connectivity index (χ4v) is 4.51. The fourth-order valence-electron chi connectivity index (χ4n) is 3.05. The molecular formula is C18H14BrNS. The Morgan fingerprint density at radius 2 is 1.86 bits per heavy atom. The molecule has 1 heterocycles. The van der Waals surface area contributed by atoms with Gasteiger partial charge >= 0.3 is 0 Å². The molecule has 0 spiro atoms. The van der Waals surface area contributed by atoms with Gasteiger partial charge in [-0.05, 0) is 30.0 Å². The molecule has 1 unspecified atom stereocenters. The quantitative estimate of drug-likeness (QED) is 0.578. The third-order valence-electron chi connectivity index (χ3n) is 4.10. The molecule has 0 aliphatic heterocycles. The van der Waals surface area contributed by atoms with E-state index >= 15 is 0 Å². The summed E-state index contributed by atoms with van der Waals surface area (Å²) in [4.78, 5) is 4.91. The third kappa shape index (κ3) is 2.34. The summed E-state index contributed by atoms with van der Waals surface area (Å²) in [5, 5.41) is 3.42. The predicted molar refractivity (Wildman–Crippen MR) is 91.9 cm³/mol. The molecule has 3 aromatic rings. The summed E-state index contributed by atoms with van der Waals surface area (Å²) in [5.74, 6) is 0.474. The maximum Gasteiger partial charge on any atom is 0.101 e. The van der Waals surface area contributed by atoms with Gasteiger partial charge in [0, 0.05) is 21.3 Å². The van der Waals surface area contributed by atoms with E-state index in [0.29, 0.717) is 5.92 Å². The number of hydrogen-bond donors (Lipinski definition) is 0. The van der Waals surface area contributed by atoms with E-state index in [1.54, 1.807) is 11.3 Å². The number of thiazole rings is 1. The average Bonchev–Trinajstić information content (AvgIpc) is 3.14. The maximum atomic E-state index is 4.91. The monoisotopic (exact) mass is 355 g/mol. The molecule has 2 aromatic carbocycles. The molecule has 1 atom stereocenters. The molecule has 0 amide bonds. The average molecular weight is 356 g/mol. The summed E-state index contributed by atoms with van der Waals surface area (Å²) in [6.45, 7) is 0. The van der Waals surface area contributed by atoms with Gasteiger partial charge in [-0.3, -0.25) is 0 Å². The van der Waals surface area contributed by atoms with Gasteiger partial charge in [0.15, 0.2) is 0 Å². The molecule has 1 nitrogen and oxygen atoms in total. The van der Waals surface area contributed by atoms with Crippen molar-refractivity contribution >= 4 is 27.3 Å². The summed E-state index contributed by atoms with van der Waals surface area (Å²) >= 11 is 5.40. The fraction of sp³-hybridized carbons (Fsp3) is 0.167. The van der Waals surface area contributed by atoms with Crippen LogP contribution in [0.1, 0.15) is 28.5 Å². The van der Waals surface area contributed by atoms with Crippen molar-refractivity contribution in [2.24, 2.45) is 0 Å². The number of hydrogen-bond acceptors (Lipinski definition) is 2. The first-order valence-electron chi connectivity index (χ1n) is 7.11. The molecule has 0 fully saturated rings. The van der Waals surface area contributed by atoms with Gasteiger partial charge in [-0.15, -0.1) is 11.3 Å². The van der Waals surface area contributed by atoms with Gasteiger partial charge in [-0.25, -0.2) is 4.98 Å². The molecule has 104 valence electrons. The maximum absolute atomic E-state index is 4.91. The molecule has 0 saturated heterocycles. The van der Waals surface area contributed by atoms with Crippen LogP contribution in [0.3, 0.4) is 0 Å². The van der Waals surface area contributed by atoms with E-state index in [0.717, 1.165) is 10.2 Å². The zero-order chi connectivity index (χ0) is 14.2. The van der Waals surface area contributed by atoms with Crippen molar-refractivity contribution < 1.29 is 0 Å². The van der Waals surface area contributed by atoms with Gasteiger partial charge in [0.1, 0.15) is 5.01 Å². The van der Waals surface area contributed by atoms with E-state index in [1.165, 1.54) is 34.5 Å². The number of fused-ring (bicyclic) bond motifs is 1. The van der Waals surface area contributed by atoms with E-state index < -0.39 is 0 Å². The summed E-state index contributed by atoms with van der Waals surface area (Å²) in [6.07, 6.45) is 2.35. The van der Waals surface area contributed by atoms with E-state index in [2.05, 4.69) is 63.8 Å². The molecule has 0 radical (unpaired) electrons. The molecule has 21 heavy (non-hydrogen) atoms. The van der Waals surface area contributed by atoms with Crippen molar-refractivity contribution in [1.29, 1.82) is 0 Å². The second kappa shape index (κ2) is 5.39. The van der Waals surface area contributed by atoms with Crippen LogP contribution in [-0.4, -0.2) is 4.98 Å². The van der Waals surface area contributed by atoms with E-state index in [-0.39, 0.29) is 0 Å². The second-order valence-corrected chi connectivity index (χ2v) is 7.08. The standard InChI is InChI=1S/C18H14BrNS/c19-16-8-4-3-7-15(16)17-11-21-18(20-17)14-10-9-12-5-1-2-6-13(12)14/h1-8,11,14H,9-10H2. The highest BCUT2D eigenvalue weighted by Gasteiger charge is 2.26. The second-order valence-electron chi connectivity index (χ2n) is 5.34. The van der Waals surface area contributed by atoms with E-state index in [4.69, 9.17) is 4.98 Å². The Kier molecular flexibility index (Phi) is 3.40. The van der Waals surface area contributed by atoms with Gasteiger partial charge < -0.3 is 0 Å². The van der Waals surface area contributed by atoms with Crippen molar-refractivity contribution in [3.63, 3.8) is 0 Å². The van der Waals surface area contributed by atoms with Crippen molar-refractivity contribution in [3.05, 3.63) is 74.5 Å². The van der Waals surface area contributed by atoms with Crippen LogP contribution in [0, 0.1) is 0 Å². The van der Waals surface area contributed by atoms with Gasteiger partial charge in [-0.2, -0.15) is 0 Å². The first-order valence-corrected chi connectivity index (χ1v) is 8.78. The Labute approximate surface area is 136 Å². The molecule has 3 heteroatoms. The normalized spacial score (nSPS) is 16.9. The Bertz CT molecular complexity index is 793. The summed E-state index contributed by atoms with van der Waals surface area (Å²) in [5.41, 5.74) is 5.20. The van der Waals surface area contributed by atoms with Crippen LogP contribution < -0.4 is 0 Å². The Balaban J connectivity index is 1.72. The molecule has 1 aliphatic carbocycles. The number of halogens is 1. The highest BCUT2D eigenvalue weighted by Crippen LogP contribution is 2.40. The largest absolute Gasteiger partial charge is 0.241 e. The summed E-state index contributed by atoms with van der Waals surface area (Å²) < 4.78 is 1.11. The zero-order valence-electron chi connectivity index (χ0n) is 11.4. The molecule has 1 aliphatic rings. The first kappa shape index (κ1) is 13.2. The van der Waals surface area contributed by atoms with Crippen molar-refractivity contribution in [2.75, 3.05) is 0 Å². The molecule has 1 aromatic heterocycles. The van der Waals surface area contributed by atoms with Crippen LogP contribution in [-0.2, 0) is 6.42 Å². The van der Waals surface area contributed by atoms with Gasteiger partial charge in [0.2, 0.25) is 0 Å². The van der Waals surface area contributed by atoms with Crippen LogP contribution >= 0.6 is 27.3 Å². The number of aryl methyl sites for hydroxylation is 1. The predicted octanol–water partition coefficient (Wildman–Crippen LogP) is 5.65. The minimum atomic E-state index is 0.474. The highest BCUT2D eigenvalue weighted by atomic mass is 79.9. The van der Waals surface area contributed by atoms with Gasteiger partial charge in [0.05, 0.1) is 5.69 Å². The van der Waals surface area contributed by atoms with Crippen LogP contribution in [0.25, 0.3) is 11.3 Å². The molecular weight excluding hydrogens is 342 g/mol. The molecule has 0 bridgehead atoms. The lowest BCUT2D eigenvalue weighted by molar-refractivity contribution is 0.781. The summed E-state index contributed by atoms with van der Waals surface area (Å²) in [7, 11) is 0. The number of nitrogens with zero attached hydrogens (tertiary/aromatic N) is 1. The Morgan fingerprint density at radius 1 is 1.05 bits per heavy atom. The van der Waals surface area contributed by atoms with Crippen molar-refractivity contribution in [2.45, 2.75) is 18.8 Å².